The fourth-order valence-electron chi connectivity index (χ4n) is 3.69. The fourth-order valence-corrected chi connectivity index (χ4v) is 4.64. The molecule has 1 spiro atoms. The van der Waals surface area contributed by atoms with Crippen molar-refractivity contribution in [2.24, 2.45) is 0 Å². The number of ether oxygens (including phenoxy) is 2. The SMILES string of the molecule is Cc1ccsc1CN1CC2(CC(OCc3cccnc3)CCO2)C1. The Morgan fingerprint density at radius 3 is 3.08 bits per heavy atom. The lowest BCUT2D eigenvalue weighted by molar-refractivity contribution is -0.200. The number of hydrogen-bond acceptors (Lipinski definition) is 5. The highest BCUT2D eigenvalue weighted by molar-refractivity contribution is 7.10. The van der Waals surface area contributed by atoms with E-state index in [0.29, 0.717) is 12.7 Å². The molecule has 1 atom stereocenters. The highest BCUT2D eigenvalue weighted by atomic mass is 32.1. The van der Waals surface area contributed by atoms with E-state index in [1.807, 2.05) is 23.6 Å². The van der Waals surface area contributed by atoms with Gasteiger partial charge < -0.3 is 9.47 Å². The molecule has 0 N–H and O–H groups in total. The van der Waals surface area contributed by atoms with Gasteiger partial charge in [0.2, 0.25) is 0 Å². The van der Waals surface area contributed by atoms with Gasteiger partial charge in [-0.05, 0) is 42.0 Å². The molecule has 0 aromatic carbocycles. The molecule has 4 heterocycles. The maximum atomic E-state index is 6.13. The third-order valence-corrected chi connectivity index (χ3v) is 6.02. The first kappa shape index (κ1) is 16.2. The van der Waals surface area contributed by atoms with Crippen molar-refractivity contribution in [3.8, 4) is 0 Å². The standard InChI is InChI=1S/C19H24N2O2S/c1-15-5-8-24-18(15)11-21-13-19(14-21)9-17(4-7-23-19)22-12-16-3-2-6-20-10-16/h2-3,5-6,8,10,17H,4,7,9,11-14H2,1H3. The van der Waals surface area contributed by atoms with Crippen LogP contribution in [-0.2, 0) is 22.6 Å². The Labute approximate surface area is 147 Å². The van der Waals surface area contributed by atoms with E-state index >= 15 is 0 Å². The van der Waals surface area contributed by atoms with Crippen LogP contribution < -0.4 is 0 Å². The molecule has 0 aliphatic carbocycles. The Hall–Kier alpha value is -1.27. The molecule has 2 aliphatic rings. The summed E-state index contributed by atoms with van der Waals surface area (Å²) in [5, 5.41) is 2.18. The highest BCUT2D eigenvalue weighted by Gasteiger charge is 2.47. The lowest BCUT2D eigenvalue weighted by atomic mass is 9.84. The van der Waals surface area contributed by atoms with Crippen molar-refractivity contribution in [3.63, 3.8) is 0 Å². The van der Waals surface area contributed by atoms with Crippen LogP contribution in [0.4, 0.5) is 0 Å². The largest absolute Gasteiger partial charge is 0.373 e. The fraction of sp³-hybridized carbons (Fsp3) is 0.526. The number of nitrogens with zero attached hydrogens (tertiary/aromatic N) is 2. The van der Waals surface area contributed by atoms with Crippen molar-refractivity contribution in [1.29, 1.82) is 0 Å². The second-order valence-electron chi connectivity index (χ2n) is 6.99. The molecule has 2 aliphatic heterocycles. The maximum absolute atomic E-state index is 6.13. The average molecular weight is 344 g/mol. The first-order valence-electron chi connectivity index (χ1n) is 8.62. The Morgan fingerprint density at radius 1 is 1.42 bits per heavy atom. The molecule has 5 heteroatoms. The molecule has 2 aromatic heterocycles. The molecule has 2 saturated heterocycles. The molecule has 0 radical (unpaired) electrons. The zero-order valence-electron chi connectivity index (χ0n) is 14.1. The van der Waals surface area contributed by atoms with E-state index in [4.69, 9.17) is 9.47 Å². The number of hydrogen-bond donors (Lipinski definition) is 0. The van der Waals surface area contributed by atoms with Crippen LogP contribution in [0.3, 0.4) is 0 Å². The Bertz CT molecular complexity index is 667. The van der Waals surface area contributed by atoms with E-state index in [9.17, 15) is 0 Å². The molecule has 0 saturated carbocycles. The van der Waals surface area contributed by atoms with E-state index in [1.165, 1.54) is 10.4 Å². The summed E-state index contributed by atoms with van der Waals surface area (Å²) in [5.74, 6) is 0. The molecule has 2 fully saturated rings. The zero-order chi connectivity index (χ0) is 16.4. The number of rotatable bonds is 5. The van der Waals surface area contributed by atoms with Crippen molar-refractivity contribution in [2.45, 2.75) is 44.6 Å². The quantitative estimate of drug-likeness (QED) is 0.833. The van der Waals surface area contributed by atoms with Crippen LogP contribution in [-0.4, -0.2) is 41.3 Å². The van der Waals surface area contributed by atoms with Crippen molar-refractivity contribution in [3.05, 3.63) is 52.0 Å². The first-order valence-corrected chi connectivity index (χ1v) is 9.50. The van der Waals surface area contributed by atoms with E-state index in [2.05, 4.69) is 34.3 Å². The third kappa shape index (κ3) is 3.54. The Balaban J connectivity index is 1.27. The van der Waals surface area contributed by atoms with Crippen LogP contribution in [0.1, 0.15) is 28.8 Å². The lowest BCUT2D eigenvalue weighted by Gasteiger charge is -2.53. The molecule has 2 aromatic rings. The van der Waals surface area contributed by atoms with Gasteiger partial charge in [0, 0.05) is 49.9 Å². The highest BCUT2D eigenvalue weighted by Crippen LogP contribution is 2.37. The van der Waals surface area contributed by atoms with Gasteiger partial charge in [0.15, 0.2) is 0 Å². The van der Waals surface area contributed by atoms with Gasteiger partial charge in [-0.3, -0.25) is 9.88 Å². The molecule has 128 valence electrons. The van der Waals surface area contributed by atoms with Gasteiger partial charge in [0.05, 0.1) is 18.3 Å². The van der Waals surface area contributed by atoms with Gasteiger partial charge in [0.1, 0.15) is 0 Å². The minimum atomic E-state index is 0.0169. The Morgan fingerprint density at radius 2 is 2.33 bits per heavy atom. The van der Waals surface area contributed by atoms with Gasteiger partial charge in [-0.2, -0.15) is 0 Å². The van der Waals surface area contributed by atoms with Crippen LogP contribution in [0.25, 0.3) is 0 Å². The summed E-state index contributed by atoms with van der Waals surface area (Å²) in [6.07, 6.45) is 5.97. The predicted octanol–water partition coefficient (Wildman–Crippen LogP) is 3.40. The predicted molar refractivity (Wildman–Crippen MR) is 95.1 cm³/mol. The van der Waals surface area contributed by atoms with Crippen molar-refractivity contribution in [1.82, 2.24) is 9.88 Å². The summed E-state index contributed by atoms with van der Waals surface area (Å²) in [6, 6.07) is 6.23. The summed E-state index contributed by atoms with van der Waals surface area (Å²) in [5.41, 5.74) is 2.56. The lowest BCUT2D eigenvalue weighted by Crippen LogP contribution is -2.65. The molecule has 0 bridgehead atoms. The molecule has 0 amide bonds. The van der Waals surface area contributed by atoms with Crippen molar-refractivity contribution < 1.29 is 9.47 Å². The summed E-state index contributed by atoms with van der Waals surface area (Å²) in [6.45, 7) is 6.75. The number of aromatic nitrogens is 1. The minimum absolute atomic E-state index is 0.0169. The third-order valence-electron chi connectivity index (χ3n) is 5.02. The topological polar surface area (TPSA) is 34.6 Å². The molecule has 1 unspecified atom stereocenters. The Kier molecular flexibility index (Phi) is 4.68. The molecular formula is C19H24N2O2S. The molecule has 4 nitrogen and oxygen atoms in total. The molecule has 4 rings (SSSR count). The zero-order valence-corrected chi connectivity index (χ0v) is 14.9. The van der Waals surface area contributed by atoms with Crippen LogP contribution in [0, 0.1) is 6.92 Å². The summed E-state index contributed by atoms with van der Waals surface area (Å²) in [7, 11) is 0. The molecule has 24 heavy (non-hydrogen) atoms. The van der Waals surface area contributed by atoms with E-state index in [-0.39, 0.29) is 5.60 Å². The van der Waals surface area contributed by atoms with Crippen LogP contribution in [0.5, 0.6) is 0 Å². The monoisotopic (exact) mass is 344 g/mol. The van der Waals surface area contributed by atoms with Gasteiger partial charge >= 0.3 is 0 Å². The smallest absolute Gasteiger partial charge is 0.0959 e. The maximum Gasteiger partial charge on any atom is 0.0959 e. The summed E-state index contributed by atoms with van der Waals surface area (Å²) in [4.78, 5) is 8.11. The summed E-state index contributed by atoms with van der Waals surface area (Å²) >= 11 is 1.86. The van der Waals surface area contributed by atoms with Gasteiger partial charge in [-0.1, -0.05) is 6.07 Å². The minimum Gasteiger partial charge on any atom is -0.373 e. The number of thiophene rings is 1. The van der Waals surface area contributed by atoms with Gasteiger partial charge in [-0.25, -0.2) is 0 Å². The number of likely N-dealkylation sites (tertiary alicyclic amines) is 1. The van der Waals surface area contributed by atoms with Crippen LogP contribution in [0.15, 0.2) is 36.0 Å². The van der Waals surface area contributed by atoms with Crippen molar-refractivity contribution >= 4 is 11.3 Å². The van der Waals surface area contributed by atoms with Gasteiger partial charge in [-0.15, -0.1) is 11.3 Å². The average Bonchev–Trinajstić information content (AvgIpc) is 2.98. The second kappa shape index (κ2) is 6.92. The van der Waals surface area contributed by atoms with E-state index in [0.717, 1.165) is 44.6 Å². The normalized spacial score (nSPS) is 23.3. The first-order chi connectivity index (χ1) is 11.7. The van der Waals surface area contributed by atoms with Crippen LogP contribution in [0.2, 0.25) is 0 Å². The van der Waals surface area contributed by atoms with E-state index < -0.39 is 0 Å². The second-order valence-corrected chi connectivity index (χ2v) is 7.99. The van der Waals surface area contributed by atoms with Crippen molar-refractivity contribution in [2.75, 3.05) is 19.7 Å². The number of aryl methyl sites for hydroxylation is 1. The summed E-state index contributed by atoms with van der Waals surface area (Å²) < 4.78 is 12.3. The van der Waals surface area contributed by atoms with E-state index in [1.54, 1.807) is 6.20 Å². The van der Waals surface area contributed by atoms with Gasteiger partial charge in [0.25, 0.3) is 0 Å². The number of pyridine rings is 1. The molecular weight excluding hydrogens is 320 g/mol. The van der Waals surface area contributed by atoms with Crippen LogP contribution >= 0.6 is 11.3 Å².